The highest BCUT2D eigenvalue weighted by Crippen LogP contribution is 2.36. The van der Waals surface area contributed by atoms with Crippen molar-refractivity contribution in [2.45, 2.75) is 18.8 Å². The molecule has 2 aromatic rings. The van der Waals surface area contributed by atoms with Crippen LogP contribution in [0.3, 0.4) is 0 Å². The third kappa shape index (κ3) is 2.93. The zero-order valence-electron chi connectivity index (χ0n) is 13.1. The lowest BCUT2D eigenvalue weighted by Crippen LogP contribution is -2.60. The summed E-state index contributed by atoms with van der Waals surface area (Å²) in [5.41, 5.74) is 0.144. The topological polar surface area (TPSA) is 94.1 Å². The zero-order valence-corrected chi connectivity index (χ0v) is 14.0. The first-order valence-electron chi connectivity index (χ1n) is 7.25. The van der Waals surface area contributed by atoms with E-state index in [0.717, 1.165) is 0 Å². The maximum Gasteiger partial charge on any atom is 0.267 e. The Kier molecular flexibility index (Phi) is 3.85. The molecule has 0 unspecified atom stereocenters. The van der Waals surface area contributed by atoms with Crippen molar-refractivity contribution >= 4 is 10.0 Å². The van der Waals surface area contributed by atoms with E-state index >= 15 is 0 Å². The second-order valence-corrected chi connectivity index (χ2v) is 8.15. The molecule has 0 radical (unpaired) electrons. The molecule has 0 aliphatic carbocycles. The summed E-state index contributed by atoms with van der Waals surface area (Å²) in [6, 6.07) is 0. The summed E-state index contributed by atoms with van der Waals surface area (Å²) in [4.78, 5) is 4.16. The van der Waals surface area contributed by atoms with Crippen molar-refractivity contribution in [3.05, 3.63) is 31.1 Å². The van der Waals surface area contributed by atoms with E-state index in [1.807, 2.05) is 14.0 Å². The van der Waals surface area contributed by atoms with Gasteiger partial charge in [0.15, 0.2) is 0 Å². The Morgan fingerprint density at radius 1 is 1.43 bits per heavy atom. The molecule has 0 spiro atoms. The van der Waals surface area contributed by atoms with Crippen LogP contribution in [0.25, 0.3) is 11.6 Å². The van der Waals surface area contributed by atoms with Crippen molar-refractivity contribution in [1.82, 2.24) is 24.1 Å². The number of hydrogen-bond donors (Lipinski definition) is 0. The lowest BCUT2D eigenvalue weighted by atomic mass is 9.84. The molecule has 2 aromatic heterocycles. The van der Waals surface area contributed by atoms with Crippen molar-refractivity contribution in [2.75, 3.05) is 18.8 Å². The monoisotopic (exact) mass is 337 g/mol. The minimum Gasteiger partial charge on any atom is -0.419 e. The molecule has 3 rings (SSSR count). The van der Waals surface area contributed by atoms with Gasteiger partial charge in [0.1, 0.15) is 5.69 Å². The molecule has 1 fully saturated rings. The third-order valence-corrected chi connectivity index (χ3v) is 5.69. The summed E-state index contributed by atoms with van der Waals surface area (Å²) in [6.45, 7) is 6.16. The molecular formula is C14H19N5O3S. The van der Waals surface area contributed by atoms with Gasteiger partial charge in [0.2, 0.25) is 15.9 Å². The van der Waals surface area contributed by atoms with E-state index in [-0.39, 0.29) is 5.75 Å². The summed E-state index contributed by atoms with van der Waals surface area (Å²) in [6.07, 6.45) is 5.48. The summed E-state index contributed by atoms with van der Waals surface area (Å²) >= 11 is 0. The van der Waals surface area contributed by atoms with Gasteiger partial charge in [-0.2, -0.15) is 4.31 Å². The van der Waals surface area contributed by atoms with Crippen LogP contribution in [-0.4, -0.2) is 51.3 Å². The van der Waals surface area contributed by atoms with Gasteiger partial charge < -0.3 is 8.98 Å². The molecule has 8 nitrogen and oxygen atoms in total. The molecule has 0 saturated carbocycles. The highest BCUT2D eigenvalue weighted by molar-refractivity contribution is 7.89. The Labute approximate surface area is 134 Å². The number of allylic oxidation sites excluding steroid dienone is 1. The van der Waals surface area contributed by atoms with Gasteiger partial charge in [-0.15, -0.1) is 16.8 Å². The summed E-state index contributed by atoms with van der Waals surface area (Å²) < 4.78 is 33.2. The van der Waals surface area contributed by atoms with Crippen molar-refractivity contribution in [1.29, 1.82) is 0 Å². The fraction of sp³-hybridized carbons (Fsp3) is 0.500. The number of sulfonamides is 1. The van der Waals surface area contributed by atoms with Crippen LogP contribution in [0.1, 0.15) is 19.2 Å². The number of rotatable bonds is 6. The number of nitrogens with zero attached hydrogens (tertiary/aromatic N) is 5. The fourth-order valence-corrected chi connectivity index (χ4v) is 4.21. The number of aryl methyl sites for hydroxylation is 1. The van der Waals surface area contributed by atoms with Crippen LogP contribution in [0.2, 0.25) is 0 Å². The van der Waals surface area contributed by atoms with Crippen LogP contribution in [0.15, 0.2) is 29.6 Å². The SMILES string of the molecule is C=CCCS(=O)(=O)N1CC(C)(c2nnc(-c3cn(C)cn3)o2)C1. The van der Waals surface area contributed by atoms with Crippen molar-refractivity contribution in [3.63, 3.8) is 0 Å². The standard InChI is InChI=1S/C14H19N5O3S/c1-4-5-6-23(20,21)19-8-14(2,9-19)13-17-16-12(22-13)11-7-18(3)10-15-11/h4,7,10H,1,5-6,8-9H2,2-3H3. The number of hydrogen-bond acceptors (Lipinski definition) is 6. The van der Waals surface area contributed by atoms with Gasteiger partial charge in [0, 0.05) is 26.3 Å². The minimum absolute atomic E-state index is 0.0790. The Bertz CT molecular complexity index is 817. The Balaban J connectivity index is 1.72. The molecule has 0 N–H and O–H groups in total. The fourth-order valence-electron chi connectivity index (χ4n) is 2.52. The molecule has 124 valence electrons. The van der Waals surface area contributed by atoms with Gasteiger partial charge in [-0.3, -0.25) is 0 Å². The summed E-state index contributed by atoms with van der Waals surface area (Å²) in [5, 5.41) is 8.08. The highest BCUT2D eigenvalue weighted by Gasteiger charge is 2.49. The minimum atomic E-state index is -3.25. The first kappa shape index (κ1) is 15.9. The molecule has 0 aromatic carbocycles. The van der Waals surface area contributed by atoms with E-state index in [0.29, 0.717) is 37.0 Å². The Hall–Kier alpha value is -2.00. The number of aromatic nitrogens is 4. The van der Waals surface area contributed by atoms with Gasteiger partial charge in [-0.25, -0.2) is 13.4 Å². The van der Waals surface area contributed by atoms with Crippen LogP contribution in [-0.2, 0) is 22.5 Å². The van der Waals surface area contributed by atoms with Gasteiger partial charge in [-0.1, -0.05) is 6.08 Å². The van der Waals surface area contributed by atoms with Crippen LogP contribution >= 0.6 is 0 Å². The van der Waals surface area contributed by atoms with Crippen molar-refractivity contribution < 1.29 is 12.8 Å². The Morgan fingerprint density at radius 2 is 2.17 bits per heavy atom. The lowest BCUT2D eigenvalue weighted by Gasteiger charge is -2.44. The maximum atomic E-state index is 12.1. The van der Waals surface area contributed by atoms with Crippen LogP contribution in [0.4, 0.5) is 0 Å². The normalized spacial score (nSPS) is 17.8. The maximum absolute atomic E-state index is 12.1. The van der Waals surface area contributed by atoms with E-state index in [4.69, 9.17) is 4.42 Å². The highest BCUT2D eigenvalue weighted by atomic mass is 32.2. The quantitative estimate of drug-likeness (QED) is 0.729. The predicted octanol–water partition coefficient (Wildman–Crippen LogP) is 0.949. The smallest absolute Gasteiger partial charge is 0.267 e. The first-order valence-corrected chi connectivity index (χ1v) is 8.86. The van der Waals surface area contributed by atoms with Gasteiger partial charge >= 0.3 is 0 Å². The van der Waals surface area contributed by atoms with Crippen molar-refractivity contribution in [2.24, 2.45) is 7.05 Å². The van der Waals surface area contributed by atoms with E-state index in [9.17, 15) is 8.42 Å². The third-order valence-electron chi connectivity index (χ3n) is 3.89. The summed E-state index contributed by atoms with van der Waals surface area (Å²) in [5.74, 6) is 0.860. The van der Waals surface area contributed by atoms with Crippen LogP contribution in [0.5, 0.6) is 0 Å². The molecule has 3 heterocycles. The van der Waals surface area contributed by atoms with Gasteiger partial charge in [0.25, 0.3) is 5.89 Å². The largest absolute Gasteiger partial charge is 0.419 e. The zero-order chi connectivity index (χ0) is 16.7. The summed E-state index contributed by atoms with van der Waals surface area (Å²) in [7, 11) is -1.40. The van der Waals surface area contributed by atoms with Crippen molar-refractivity contribution in [3.8, 4) is 11.6 Å². The molecule has 0 amide bonds. The van der Waals surface area contributed by atoms with E-state index in [2.05, 4.69) is 21.8 Å². The second-order valence-electron chi connectivity index (χ2n) is 6.06. The van der Waals surface area contributed by atoms with E-state index < -0.39 is 15.4 Å². The van der Waals surface area contributed by atoms with E-state index in [1.165, 1.54) is 4.31 Å². The molecule has 0 bridgehead atoms. The average molecular weight is 337 g/mol. The van der Waals surface area contributed by atoms with Crippen LogP contribution in [0, 0.1) is 0 Å². The molecule has 1 aliphatic heterocycles. The number of imidazole rings is 1. The van der Waals surface area contributed by atoms with Gasteiger partial charge in [-0.05, 0) is 13.3 Å². The average Bonchev–Trinajstić information content (AvgIpc) is 3.10. The van der Waals surface area contributed by atoms with Gasteiger partial charge in [0.05, 0.1) is 17.5 Å². The molecule has 23 heavy (non-hydrogen) atoms. The molecule has 9 heteroatoms. The van der Waals surface area contributed by atoms with Crippen LogP contribution < -0.4 is 0 Å². The molecule has 1 saturated heterocycles. The first-order chi connectivity index (χ1) is 10.8. The van der Waals surface area contributed by atoms with E-state index in [1.54, 1.807) is 23.2 Å². The molecule has 0 atom stereocenters. The molecular weight excluding hydrogens is 318 g/mol. The Morgan fingerprint density at radius 3 is 2.78 bits per heavy atom. The lowest BCUT2D eigenvalue weighted by molar-refractivity contribution is 0.139. The predicted molar refractivity (Wildman–Crippen MR) is 84.0 cm³/mol. The molecule has 1 aliphatic rings. The second kappa shape index (κ2) is 5.57.